The summed E-state index contributed by atoms with van der Waals surface area (Å²) in [4.78, 5) is 14.9. The lowest BCUT2D eigenvalue weighted by atomic mass is 9.98. The van der Waals surface area contributed by atoms with Crippen LogP contribution < -0.4 is 9.46 Å². The zero-order valence-electron chi connectivity index (χ0n) is 17.2. The number of sulfonamides is 1. The summed E-state index contributed by atoms with van der Waals surface area (Å²) >= 11 is 0. The largest absolute Gasteiger partial charge is 0.497 e. The van der Waals surface area contributed by atoms with Gasteiger partial charge in [0.25, 0.3) is 15.9 Å². The fraction of sp³-hybridized carbons (Fsp3) is 0.208. The zero-order chi connectivity index (χ0) is 21.8. The molecule has 0 radical (unpaired) electrons. The predicted molar refractivity (Wildman–Crippen MR) is 120 cm³/mol. The Morgan fingerprint density at radius 2 is 1.65 bits per heavy atom. The molecule has 0 aromatic heterocycles. The van der Waals surface area contributed by atoms with Gasteiger partial charge in [-0.1, -0.05) is 30.3 Å². The number of amides is 1. The summed E-state index contributed by atoms with van der Waals surface area (Å²) in [6.45, 7) is 1.35. The van der Waals surface area contributed by atoms with E-state index in [1.54, 1.807) is 49.6 Å². The van der Waals surface area contributed by atoms with Crippen molar-refractivity contribution >= 4 is 21.6 Å². The molecule has 1 saturated heterocycles. The van der Waals surface area contributed by atoms with Crippen molar-refractivity contribution in [2.75, 3.05) is 24.9 Å². The Morgan fingerprint density at radius 1 is 0.968 bits per heavy atom. The highest BCUT2D eigenvalue weighted by Gasteiger charge is 2.28. The van der Waals surface area contributed by atoms with E-state index in [0.29, 0.717) is 30.3 Å². The molecule has 1 amide bonds. The number of hydrogen-bond donors (Lipinski definition) is 1. The highest BCUT2D eigenvalue weighted by atomic mass is 32.2. The summed E-state index contributed by atoms with van der Waals surface area (Å²) in [5.74, 6) is 1.07. The second-order valence-electron chi connectivity index (χ2n) is 7.51. The number of carbonyl (C=O) groups excluding carboxylic acids is 1. The number of ether oxygens (including phenoxy) is 1. The van der Waals surface area contributed by atoms with Crippen LogP contribution in [0.3, 0.4) is 0 Å². The third-order valence-corrected chi connectivity index (χ3v) is 6.90. The molecule has 4 rings (SSSR count). The molecule has 1 aliphatic rings. The molecule has 1 unspecified atom stereocenters. The Balaban J connectivity index is 1.40. The Labute approximate surface area is 182 Å². The SMILES string of the molecule is COc1ccc(C2CCN(C(=O)c3ccc(NS(=O)(=O)c4ccccc4)cc3)C2)cc1. The van der Waals surface area contributed by atoms with Gasteiger partial charge in [0.15, 0.2) is 0 Å². The van der Waals surface area contributed by atoms with Gasteiger partial charge in [0.05, 0.1) is 12.0 Å². The van der Waals surface area contributed by atoms with E-state index >= 15 is 0 Å². The lowest BCUT2D eigenvalue weighted by Gasteiger charge is -2.17. The van der Waals surface area contributed by atoms with Crippen LogP contribution in [-0.4, -0.2) is 39.4 Å². The van der Waals surface area contributed by atoms with Crippen molar-refractivity contribution in [1.29, 1.82) is 0 Å². The minimum atomic E-state index is -3.66. The van der Waals surface area contributed by atoms with Gasteiger partial charge in [-0.2, -0.15) is 0 Å². The first-order chi connectivity index (χ1) is 15.0. The lowest BCUT2D eigenvalue weighted by molar-refractivity contribution is 0.0791. The van der Waals surface area contributed by atoms with Crippen LogP contribution in [0.4, 0.5) is 5.69 Å². The fourth-order valence-electron chi connectivity index (χ4n) is 3.77. The summed E-state index contributed by atoms with van der Waals surface area (Å²) in [6.07, 6.45) is 0.910. The van der Waals surface area contributed by atoms with Gasteiger partial charge < -0.3 is 9.64 Å². The van der Waals surface area contributed by atoms with E-state index in [-0.39, 0.29) is 10.8 Å². The van der Waals surface area contributed by atoms with Crippen molar-refractivity contribution in [3.63, 3.8) is 0 Å². The average Bonchev–Trinajstić information content (AvgIpc) is 3.30. The highest BCUT2D eigenvalue weighted by Crippen LogP contribution is 2.29. The molecule has 1 aliphatic heterocycles. The summed E-state index contributed by atoms with van der Waals surface area (Å²) < 4.78 is 32.6. The van der Waals surface area contributed by atoms with Gasteiger partial charge >= 0.3 is 0 Å². The standard InChI is InChI=1S/C24H24N2O4S/c1-30-22-13-9-18(10-14-22)20-15-16-26(17-20)24(27)19-7-11-21(12-8-19)25-31(28,29)23-5-3-2-4-6-23/h2-14,20,25H,15-17H2,1H3. The first kappa shape index (κ1) is 20.9. The highest BCUT2D eigenvalue weighted by molar-refractivity contribution is 7.92. The molecule has 0 spiro atoms. The molecule has 3 aromatic carbocycles. The Hall–Kier alpha value is -3.32. The van der Waals surface area contributed by atoms with Crippen LogP contribution in [0.2, 0.25) is 0 Å². The van der Waals surface area contributed by atoms with E-state index in [1.807, 2.05) is 29.2 Å². The van der Waals surface area contributed by atoms with Gasteiger partial charge in [-0.05, 0) is 60.5 Å². The number of hydrogen-bond acceptors (Lipinski definition) is 4. The van der Waals surface area contributed by atoms with Crippen molar-refractivity contribution in [3.05, 3.63) is 90.0 Å². The maximum Gasteiger partial charge on any atom is 0.261 e. The number of likely N-dealkylation sites (tertiary alicyclic amines) is 1. The molecule has 0 aliphatic carbocycles. The number of anilines is 1. The molecule has 1 heterocycles. The van der Waals surface area contributed by atoms with Crippen LogP contribution in [0.5, 0.6) is 5.75 Å². The number of rotatable bonds is 6. The van der Waals surface area contributed by atoms with E-state index in [0.717, 1.165) is 12.2 Å². The number of nitrogens with zero attached hydrogens (tertiary/aromatic N) is 1. The molecule has 0 bridgehead atoms. The fourth-order valence-corrected chi connectivity index (χ4v) is 4.85. The Morgan fingerprint density at radius 3 is 2.29 bits per heavy atom. The van der Waals surface area contributed by atoms with Gasteiger partial charge in [0.2, 0.25) is 0 Å². The smallest absolute Gasteiger partial charge is 0.261 e. The van der Waals surface area contributed by atoms with Crippen molar-refractivity contribution in [2.24, 2.45) is 0 Å². The topological polar surface area (TPSA) is 75.7 Å². The molecular weight excluding hydrogens is 412 g/mol. The third-order valence-electron chi connectivity index (χ3n) is 5.50. The molecule has 31 heavy (non-hydrogen) atoms. The van der Waals surface area contributed by atoms with E-state index in [4.69, 9.17) is 4.74 Å². The van der Waals surface area contributed by atoms with Crippen LogP contribution in [0, 0.1) is 0 Å². The summed E-state index contributed by atoms with van der Waals surface area (Å²) in [7, 11) is -2.02. The summed E-state index contributed by atoms with van der Waals surface area (Å²) in [5, 5.41) is 0. The predicted octanol–water partition coefficient (Wildman–Crippen LogP) is 4.13. The van der Waals surface area contributed by atoms with Crippen LogP contribution in [0.25, 0.3) is 0 Å². The monoisotopic (exact) mass is 436 g/mol. The van der Waals surface area contributed by atoms with Gasteiger partial charge in [-0.3, -0.25) is 9.52 Å². The van der Waals surface area contributed by atoms with Gasteiger partial charge in [0, 0.05) is 30.3 Å². The maximum atomic E-state index is 12.9. The van der Waals surface area contributed by atoms with Crippen molar-refractivity contribution in [2.45, 2.75) is 17.2 Å². The van der Waals surface area contributed by atoms with Crippen LogP contribution in [0.15, 0.2) is 83.8 Å². The third kappa shape index (κ3) is 4.72. The van der Waals surface area contributed by atoms with E-state index in [1.165, 1.54) is 17.7 Å². The van der Waals surface area contributed by atoms with Crippen molar-refractivity contribution in [3.8, 4) is 5.75 Å². The Bertz CT molecular complexity index is 1140. The zero-order valence-corrected chi connectivity index (χ0v) is 18.0. The van der Waals surface area contributed by atoms with Gasteiger partial charge in [-0.15, -0.1) is 0 Å². The van der Waals surface area contributed by atoms with Crippen LogP contribution in [0.1, 0.15) is 28.3 Å². The first-order valence-corrected chi connectivity index (χ1v) is 11.6. The minimum absolute atomic E-state index is 0.0477. The van der Waals surface area contributed by atoms with Crippen molar-refractivity contribution < 1.29 is 17.9 Å². The molecule has 7 heteroatoms. The van der Waals surface area contributed by atoms with Crippen LogP contribution >= 0.6 is 0 Å². The first-order valence-electron chi connectivity index (χ1n) is 10.1. The molecule has 160 valence electrons. The van der Waals surface area contributed by atoms with Gasteiger partial charge in [-0.25, -0.2) is 8.42 Å². The summed E-state index contributed by atoms with van der Waals surface area (Å²) in [6, 6.07) is 22.7. The van der Waals surface area contributed by atoms with Crippen LogP contribution in [-0.2, 0) is 10.0 Å². The van der Waals surface area contributed by atoms with Crippen molar-refractivity contribution in [1.82, 2.24) is 4.90 Å². The number of methoxy groups -OCH3 is 1. The maximum absolute atomic E-state index is 12.9. The normalized spacial score (nSPS) is 16.2. The molecule has 0 saturated carbocycles. The molecule has 1 N–H and O–H groups in total. The molecule has 3 aromatic rings. The Kier molecular flexibility index (Phi) is 5.95. The lowest BCUT2D eigenvalue weighted by Crippen LogP contribution is -2.28. The average molecular weight is 437 g/mol. The molecule has 1 fully saturated rings. The second kappa shape index (κ2) is 8.81. The minimum Gasteiger partial charge on any atom is -0.497 e. The summed E-state index contributed by atoms with van der Waals surface area (Å²) in [5.41, 5.74) is 2.15. The van der Waals surface area contributed by atoms with E-state index < -0.39 is 10.0 Å². The second-order valence-corrected chi connectivity index (χ2v) is 9.19. The number of carbonyl (C=O) groups is 1. The van der Waals surface area contributed by atoms with Gasteiger partial charge in [0.1, 0.15) is 5.75 Å². The quantitative estimate of drug-likeness (QED) is 0.631. The molecule has 1 atom stereocenters. The molecular formula is C24H24N2O4S. The number of nitrogens with one attached hydrogen (secondary N) is 1. The van der Waals surface area contributed by atoms with E-state index in [2.05, 4.69) is 4.72 Å². The van der Waals surface area contributed by atoms with E-state index in [9.17, 15) is 13.2 Å². The number of benzene rings is 3. The molecule has 6 nitrogen and oxygen atoms in total.